The van der Waals surface area contributed by atoms with E-state index in [1.807, 2.05) is 62.4 Å². The zero-order valence-corrected chi connectivity index (χ0v) is 16.3. The maximum Gasteiger partial charge on any atom is 0.249 e. The molecule has 3 rings (SSSR count). The van der Waals surface area contributed by atoms with Crippen LogP contribution in [0.1, 0.15) is 11.1 Å². The lowest BCUT2D eigenvalue weighted by atomic mass is 10.0. The summed E-state index contributed by atoms with van der Waals surface area (Å²) in [5.74, 6) is -1.06. The van der Waals surface area contributed by atoms with Crippen LogP contribution >= 0.6 is 0 Å². The van der Waals surface area contributed by atoms with E-state index in [1.165, 1.54) is 14.2 Å². The van der Waals surface area contributed by atoms with Crippen molar-refractivity contribution in [1.82, 2.24) is 0 Å². The zero-order valence-electron chi connectivity index (χ0n) is 16.3. The minimum atomic E-state index is -0.462. The molecule has 0 unspecified atom stereocenters. The van der Waals surface area contributed by atoms with Gasteiger partial charge < -0.3 is 20.1 Å². The van der Waals surface area contributed by atoms with Crippen LogP contribution in [0.2, 0.25) is 0 Å². The van der Waals surface area contributed by atoms with Gasteiger partial charge in [0.15, 0.2) is 11.5 Å². The molecule has 0 heterocycles. The van der Waals surface area contributed by atoms with E-state index in [-0.39, 0.29) is 22.9 Å². The fraction of sp³-hybridized carbons (Fsp3) is 0.182. The van der Waals surface area contributed by atoms with Crippen LogP contribution in [0.15, 0.2) is 71.4 Å². The molecule has 28 heavy (non-hydrogen) atoms. The number of ether oxygens (including phenoxy) is 2. The molecule has 0 radical (unpaired) electrons. The van der Waals surface area contributed by atoms with Crippen molar-refractivity contribution < 1.29 is 19.1 Å². The largest absolute Gasteiger partial charge is 0.491 e. The van der Waals surface area contributed by atoms with Crippen molar-refractivity contribution in [3.63, 3.8) is 0 Å². The minimum absolute atomic E-state index is 0.0461. The lowest BCUT2D eigenvalue weighted by Crippen LogP contribution is -2.32. The molecule has 144 valence electrons. The first kappa shape index (κ1) is 19.2. The summed E-state index contributed by atoms with van der Waals surface area (Å²) in [5, 5.41) is 6.01. The van der Waals surface area contributed by atoms with E-state index in [9.17, 15) is 9.59 Å². The predicted molar refractivity (Wildman–Crippen MR) is 108 cm³/mol. The van der Waals surface area contributed by atoms with E-state index in [2.05, 4.69) is 10.6 Å². The average molecular weight is 378 g/mol. The van der Waals surface area contributed by atoms with Crippen LogP contribution in [0.4, 0.5) is 11.4 Å². The molecule has 1 aliphatic carbocycles. The Morgan fingerprint density at radius 1 is 0.679 bits per heavy atom. The van der Waals surface area contributed by atoms with Crippen LogP contribution in [0, 0.1) is 13.8 Å². The Bertz CT molecular complexity index is 924. The second-order valence-electron chi connectivity index (χ2n) is 6.46. The second-order valence-corrected chi connectivity index (χ2v) is 6.46. The summed E-state index contributed by atoms with van der Waals surface area (Å²) < 4.78 is 10.6. The summed E-state index contributed by atoms with van der Waals surface area (Å²) in [6, 6.07) is 15.0. The SMILES string of the molecule is COC1=C(Nc2cccc(C)c2)C(=O)C(OC)=C(Nc2cccc(C)c2)C1=O. The number of rotatable bonds is 6. The Labute approximate surface area is 163 Å². The number of hydrogen-bond donors (Lipinski definition) is 2. The highest BCUT2D eigenvalue weighted by Crippen LogP contribution is 2.28. The van der Waals surface area contributed by atoms with E-state index in [1.54, 1.807) is 0 Å². The van der Waals surface area contributed by atoms with Crippen LogP contribution in [-0.2, 0) is 19.1 Å². The molecule has 0 amide bonds. The highest BCUT2D eigenvalue weighted by atomic mass is 16.5. The maximum absolute atomic E-state index is 13.1. The number of hydrogen-bond acceptors (Lipinski definition) is 6. The fourth-order valence-corrected chi connectivity index (χ4v) is 3.01. The van der Waals surface area contributed by atoms with E-state index in [4.69, 9.17) is 9.47 Å². The van der Waals surface area contributed by atoms with Gasteiger partial charge in [0.25, 0.3) is 0 Å². The van der Waals surface area contributed by atoms with Crippen LogP contribution in [0.3, 0.4) is 0 Å². The molecule has 0 saturated heterocycles. The third kappa shape index (κ3) is 3.76. The standard InChI is InChI=1S/C22H22N2O4/c1-13-7-5-9-15(11-13)23-17-19(25)22(28-4)18(20(26)21(17)27-3)24-16-10-6-8-14(2)12-16/h5-12,23-24H,1-4H3. The van der Waals surface area contributed by atoms with E-state index < -0.39 is 11.6 Å². The van der Waals surface area contributed by atoms with Gasteiger partial charge in [-0.1, -0.05) is 24.3 Å². The molecule has 0 atom stereocenters. The Hall–Kier alpha value is -3.54. The molecular weight excluding hydrogens is 356 g/mol. The van der Waals surface area contributed by atoms with Crippen molar-refractivity contribution in [3.8, 4) is 0 Å². The van der Waals surface area contributed by atoms with Crippen LogP contribution in [0.25, 0.3) is 0 Å². The Morgan fingerprint density at radius 2 is 1.07 bits per heavy atom. The number of benzene rings is 2. The molecule has 0 aliphatic heterocycles. The van der Waals surface area contributed by atoms with Gasteiger partial charge in [-0.25, -0.2) is 0 Å². The number of methoxy groups -OCH3 is 2. The Balaban J connectivity index is 2.00. The average Bonchev–Trinajstić information content (AvgIpc) is 2.66. The van der Waals surface area contributed by atoms with Gasteiger partial charge in [0.05, 0.1) is 14.2 Å². The van der Waals surface area contributed by atoms with E-state index in [0.29, 0.717) is 11.4 Å². The number of carbonyl (C=O) groups excluding carboxylic acids is 2. The van der Waals surface area contributed by atoms with Gasteiger partial charge >= 0.3 is 0 Å². The number of carbonyl (C=O) groups is 2. The molecule has 6 nitrogen and oxygen atoms in total. The number of nitrogens with one attached hydrogen (secondary N) is 2. The zero-order chi connectivity index (χ0) is 20.3. The summed E-state index contributed by atoms with van der Waals surface area (Å²) in [4.78, 5) is 26.1. The first-order chi connectivity index (χ1) is 13.4. The summed E-state index contributed by atoms with van der Waals surface area (Å²) >= 11 is 0. The molecule has 2 aromatic rings. The Kier molecular flexibility index (Phi) is 5.49. The molecule has 0 spiro atoms. The highest BCUT2D eigenvalue weighted by Gasteiger charge is 2.37. The van der Waals surface area contributed by atoms with Crippen molar-refractivity contribution in [2.24, 2.45) is 0 Å². The number of anilines is 2. The Morgan fingerprint density at radius 3 is 1.39 bits per heavy atom. The monoisotopic (exact) mass is 378 g/mol. The lowest BCUT2D eigenvalue weighted by Gasteiger charge is -2.23. The molecule has 0 aromatic heterocycles. The van der Waals surface area contributed by atoms with Gasteiger partial charge in [-0.15, -0.1) is 0 Å². The summed E-state index contributed by atoms with van der Waals surface area (Å²) in [5.41, 5.74) is 3.48. The van der Waals surface area contributed by atoms with Gasteiger partial charge in [-0.05, 0) is 49.2 Å². The number of ketones is 2. The third-order valence-electron chi connectivity index (χ3n) is 4.30. The second kappa shape index (κ2) is 8.00. The lowest BCUT2D eigenvalue weighted by molar-refractivity contribution is -0.120. The molecule has 2 aromatic carbocycles. The first-order valence-corrected chi connectivity index (χ1v) is 8.78. The van der Waals surface area contributed by atoms with Gasteiger partial charge in [0.1, 0.15) is 11.4 Å². The molecule has 2 N–H and O–H groups in total. The van der Waals surface area contributed by atoms with Gasteiger partial charge in [-0.2, -0.15) is 0 Å². The molecule has 6 heteroatoms. The number of Topliss-reactive ketones (excluding diaryl/α,β-unsaturated/α-hetero) is 2. The van der Waals surface area contributed by atoms with E-state index >= 15 is 0 Å². The van der Waals surface area contributed by atoms with Crippen LogP contribution in [-0.4, -0.2) is 25.8 Å². The molecule has 1 aliphatic rings. The molecule has 0 saturated carbocycles. The normalized spacial score (nSPS) is 14.3. The van der Waals surface area contributed by atoms with Crippen LogP contribution in [0.5, 0.6) is 0 Å². The third-order valence-corrected chi connectivity index (χ3v) is 4.30. The maximum atomic E-state index is 13.1. The molecule has 0 bridgehead atoms. The minimum Gasteiger partial charge on any atom is -0.491 e. The topological polar surface area (TPSA) is 76.7 Å². The van der Waals surface area contributed by atoms with Crippen molar-refractivity contribution in [3.05, 3.63) is 82.6 Å². The van der Waals surface area contributed by atoms with Crippen LogP contribution < -0.4 is 10.6 Å². The smallest absolute Gasteiger partial charge is 0.249 e. The molecule has 0 fully saturated rings. The summed E-state index contributed by atoms with van der Waals surface area (Å²) in [6.45, 7) is 3.88. The quantitative estimate of drug-likeness (QED) is 0.747. The molecular formula is C22H22N2O4. The van der Waals surface area contributed by atoms with Crippen molar-refractivity contribution in [2.75, 3.05) is 24.9 Å². The highest BCUT2D eigenvalue weighted by molar-refractivity contribution is 6.25. The fourth-order valence-electron chi connectivity index (χ4n) is 3.01. The summed E-state index contributed by atoms with van der Waals surface area (Å²) in [6.07, 6.45) is 0. The number of aryl methyl sites for hydroxylation is 2. The first-order valence-electron chi connectivity index (χ1n) is 8.78. The van der Waals surface area contributed by atoms with Gasteiger partial charge in [0, 0.05) is 11.4 Å². The predicted octanol–water partition coefficient (Wildman–Crippen LogP) is 3.70. The van der Waals surface area contributed by atoms with E-state index in [0.717, 1.165) is 11.1 Å². The van der Waals surface area contributed by atoms with Gasteiger partial charge in [0.2, 0.25) is 11.6 Å². The van der Waals surface area contributed by atoms with Gasteiger partial charge in [-0.3, -0.25) is 9.59 Å². The van der Waals surface area contributed by atoms with Crippen molar-refractivity contribution >= 4 is 22.9 Å². The summed E-state index contributed by atoms with van der Waals surface area (Å²) in [7, 11) is 2.72. The van der Waals surface area contributed by atoms with Crippen molar-refractivity contribution in [2.45, 2.75) is 13.8 Å². The van der Waals surface area contributed by atoms with Crippen molar-refractivity contribution in [1.29, 1.82) is 0 Å².